The first-order valence-electron chi connectivity index (χ1n) is 9.63. The fourth-order valence-corrected chi connectivity index (χ4v) is 3.41. The van der Waals surface area contributed by atoms with Crippen LogP contribution in [0.4, 0.5) is 22.1 Å². The number of amides is 1. The van der Waals surface area contributed by atoms with Crippen molar-refractivity contribution in [3.05, 3.63) is 5.28 Å². The predicted molar refractivity (Wildman–Crippen MR) is 109 cm³/mol. The second-order valence-electron chi connectivity index (χ2n) is 8.06. The molecule has 2 saturated heterocycles. The Kier molecular flexibility index (Phi) is 6.34. The van der Waals surface area contributed by atoms with Crippen LogP contribution >= 0.6 is 11.6 Å². The number of rotatable bonds is 3. The topological polar surface area (TPSA) is 106 Å². The third-order valence-corrected chi connectivity index (χ3v) is 4.86. The zero-order valence-corrected chi connectivity index (χ0v) is 17.5. The standard InChI is InChI=1S/C18H29ClN6O3/c1-18(2,3)28-17(26)25-8-6-24(7-9-25)15-13(20)14(22-16(19)23-15)21-12-4-10-27-11-5-12/h12H,4-11,20H2,1-3H3,(H,21,22,23). The Morgan fingerprint density at radius 2 is 1.86 bits per heavy atom. The van der Waals surface area contributed by atoms with Gasteiger partial charge < -0.3 is 30.3 Å². The number of ether oxygens (including phenoxy) is 2. The molecule has 2 aliphatic rings. The van der Waals surface area contributed by atoms with Crippen LogP contribution in [0.5, 0.6) is 0 Å². The van der Waals surface area contributed by atoms with Gasteiger partial charge in [0.15, 0.2) is 11.6 Å². The minimum atomic E-state index is -0.510. The van der Waals surface area contributed by atoms with Gasteiger partial charge in [-0.15, -0.1) is 0 Å². The van der Waals surface area contributed by atoms with E-state index >= 15 is 0 Å². The van der Waals surface area contributed by atoms with Gasteiger partial charge in [-0.1, -0.05) is 0 Å². The van der Waals surface area contributed by atoms with Crippen molar-refractivity contribution in [2.45, 2.75) is 45.3 Å². The molecule has 0 aromatic carbocycles. The zero-order chi connectivity index (χ0) is 20.3. The predicted octanol–water partition coefficient (Wildman–Crippen LogP) is 2.36. The van der Waals surface area contributed by atoms with Gasteiger partial charge in [0.2, 0.25) is 5.28 Å². The van der Waals surface area contributed by atoms with Crippen molar-refractivity contribution in [2.24, 2.45) is 0 Å². The molecule has 3 heterocycles. The SMILES string of the molecule is CC(C)(C)OC(=O)N1CCN(c2nc(Cl)nc(NC3CCOCC3)c2N)CC1. The van der Waals surface area contributed by atoms with Gasteiger partial charge in [0.05, 0.1) is 0 Å². The van der Waals surface area contributed by atoms with E-state index < -0.39 is 5.60 Å². The molecular weight excluding hydrogens is 384 g/mol. The lowest BCUT2D eigenvalue weighted by atomic mass is 10.1. The summed E-state index contributed by atoms with van der Waals surface area (Å²) < 4.78 is 10.8. The summed E-state index contributed by atoms with van der Waals surface area (Å²) in [5.41, 5.74) is 6.32. The van der Waals surface area contributed by atoms with Crippen LogP contribution in [0.2, 0.25) is 5.28 Å². The minimum Gasteiger partial charge on any atom is -0.444 e. The molecule has 0 unspecified atom stereocenters. The average molecular weight is 413 g/mol. The quantitative estimate of drug-likeness (QED) is 0.729. The van der Waals surface area contributed by atoms with Crippen LogP contribution in [0.3, 0.4) is 0 Å². The van der Waals surface area contributed by atoms with E-state index in [1.54, 1.807) is 4.90 Å². The number of hydrogen-bond donors (Lipinski definition) is 2. The number of nitrogens with one attached hydrogen (secondary N) is 1. The van der Waals surface area contributed by atoms with E-state index in [9.17, 15) is 4.79 Å². The Bertz CT molecular complexity index is 697. The van der Waals surface area contributed by atoms with Crippen LogP contribution in [-0.2, 0) is 9.47 Å². The lowest BCUT2D eigenvalue weighted by Crippen LogP contribution is -2.50. The van der Waals surface area contributed by atoms with Crippen molar-refractivity contribution in [1.82, 2.24) is 14.9 Å². The van der Waals surface area contributed by atoms with Crippen molar-refractivity contribution in [3.63, 3.8) is 0 Å². The second-order valence-corrected chi connectivity index (χ2v) is 8.40. The first-order valence-corrected chi connectivity index (χ1v) is 10.0. The first kappa shape index (κ1) is 20.7. The van der Waals surface area contributed by atoms with Gasteiger partial charge in [0.25, 0.3) is 0 Å². The summed E-state index contributed by atoms with van der Waals surface area (Å²) in [7, 11) is 0. The number of nitrogens with zero attached hydrogens (tertiary/aromatic N) is 4. The number of anilines is 3. The molecule has 0 bridgehead atoms. The number of piperazine rings is 1. The van der Waals surface area contributed by atoms with Gasteiger partial charge in [-0.3, -0.25) is 0 Å². The molecule has 2 aliphatic heterocycles. The Balaban J connectivity index is 1.66. The smallest absolute Gasteiger partial charge is 0.410 e. The van der Waals surface area contributed by atoms with E-state index in [-0.39, 0.29) is 17.4 Å². The summed E-state index contributed by atoms with van der Waals surface area (Å²) in [6.07, 6.45) is 1.48. The van der Waals surface area contributed by atoms with Gasteiger partial charge in [0, 0.05) is 45.4 Å². The molecule has 0 radical (unpaired) electrons. The molecule has 9 nitrogen and oxygen atoms in total. The molecule has 0 aliphatic carbocycles. The van der Waals surface area contributed by atoms with Crippen LogP contribution in [0.1, 0.15) is 33.6 Å². The molecule has 1 amide bonds. The average Bonchev–Trinajstić information content (AvgIpc) is 2.64. The molecule has 0 atom stereocenters. The fraction of sp³-hybridized carbons (Fsp3) is 0.722. The number of halogens is 1. The maximum atomic E-state index is 12.2. The second kappa shape index (κ2) is 8.57. The largest absolute Gasteiger partial charge is 0.444 e. The van der Waals surface area contributed by atoms with E-state index in [0.717, 1.165) is 26.1 Å². The molecule has 0 saturated carbocycles. The number of nitrogens with two attached hydrogens (primary N) is 1. The van der Waals surface area contributed by atoms with Crippen LogP contribution < -0.4 is 16.0 Å². The lowest BCUT2D eigenvalue weighted by Gasteiger charge is -2.36. The van der Waals surface area contributed by atoms with Crippen molar-refractivity contribution in [1.29, 1.82) is 0 Å². The number of carbonyl (C=O) groups excluding carboxylic acids is 1. The molecule has 0 spiro atoms. The van der Waals surface area contributed by atoms with Gasteiger partial charge in [-0.05, 0) is 45.2 Å². The van der Waals surface area contributed by atoms with E-state index in [1.165, 1.54) is 0 Å². The molecule has 28 heavy (non-hydrogen) atoms. The molecule has 10 heteroatoms. The Hall–Kier alpha value is -2.00. The van der Waals surface area contributed by atoms with Gasteiger partial charge in [-0.2, -0.15) is 9.97 Å². The monoisotopic (exact) mass is 412 g/mol. The number of carbonyl (C=O) groups is 1. The third-order valence-electron chi connectivity index (χ3n) is 4.69. The Labute approximate surface area is 170 Å². The van der Waals surface area contributed by atoms with Crippen LogP contribution in [0.15, 0.2) is 0 Å². The molecule has 3 rings (SSSR count). The highest BCUT2D eigenvalue weighted by atomic mass is 35.5. The summed E-state index contributed by atoms with van der Waals surface area (Å²) in [6, 6.07) is 0.249. The van der Waals surface area contributed by atoms with Crippen LogP contribution in [0.25, 0.3) is 0 Å². The maximum absolute atomic E-state index is 12.2. The molecule has 2 fully saturated rings. The van der Waals surface area contributed by atoms with E-state index in [0.29, 0.717) is 43.5 Å². The Morgan fingerprint density at radius 3 is 2.46 bits per heavy atom. The highest BCUT2D eigenvalue weighted by molar-refractivity contribution is 6.28. The summed E-state index contributed by atoms with van der Waals surface area (Å²) in [4.78, 5) is 24.6. The van der Waals surface area contributed by atoms with E-state index in [2.05, 4.69) is 15.3 Å². The minimum absolute atomic E-state index is 0.147. The number of aromatic nitrogens is 2. The first-order chi connectivity index (χ1) is 13.2. The maximum Gasteiger partial charge on any atom is 0.410 e. The molecule has 1 aromatic heterocycles. The summed E-state index contributed by atoms with van der Waals surface area (Å²) >= 11 is 6.16. The number of hydrogen-bond acceptors (Lipinski definition) is 8. The highest BCUT2D eigenvalue weighted by Crippen LogP contribution is 2.31. The summed E-state index contributed by atoms with van der Waals surface area (Å²) in [5, 5.41) is 3.52. The fourth-order valence-electron chi connectivity index (χ4n) is 3.24. The van der Waals surface area contributed by atoms with Crippen LogP contribution in [-0.4, -0.2) is 72.0 Å². The lowest BCUT2D eigenvalue weighted by molar-refractivity contribution is 0.0240. The molecule has 156 valence electrons. The van der Waals surface area contributed by atoms with Crippen molar-refractivity contribution >= 4 is 35.0 Å². The van der Waals surface area contributed by atoms with Gasteiger partial charge in [-0.25, -0.2) is 4.79 Å². The van der Waals surface area contributed by atoms with E-state index in [1.807, 2.05) is 25.7 Å². The van der Waals surface area contributed by atoms with Crippen molar-refractivity contribution < 1.29 is 14.3 Å². The molecule has 3 N–H and O–H groups in total. The Morgan fingerprint density at radius 1 is 1.21 bits per heavy atom. The zero-order valence-electron chi connectivity index (χ0n) is 16.7. The van der Waals surface area contributed by atoms with Crippen molar-refractivity contribution in [3.8, 4) is 0 Å². The summed E-state index contributed by atoms with van der Waals surface area (Å²) in [5.74, 6) is 1.15. The molecular formula is C18H29ClN6O3. The molecule has 1 aromatic rings. The third kappa shape index (κ3) is 5.29. The van der Waals surface area contributed by atoms with Crippen LogP contribution in [0, 0.1) is 0 Å². The normalized spacial score (nSPS) is 18.9. The van der Waals surface area contributed by atoms with E-state index in [4.69, 9.17) is 26.8 Å². The van der Waals surface area contributed by atoms with Gasteiger partial charge in [0.1, 0.15) is 11.3 Å². The number of nitrogen functional groups attached to an aromatic ring is 1. The highest BCUT2D eigenvalue weighted by Gasteiger charge is 2.28. The van der Waals surface area contributed by atoms with Crippen molar-refractivity contribution in [2.75, 3.05) is 55.3 Å². The van der Waals surface area contributed by atoms with Gasteiger partial charge >= 0.3 is 6.09 Å². The summed E-state index contributed by atoms with van der Waals surface area (Å²) in [6.45, 7) is 9.25.